The van der Waals surface area contributed by atoms with Crippen LogP contribution in [0.3, 0.4) is 0 Å². The van der Waals surface area contributed by atoms with Crippen molar-refractivity contribution in [2.24, 2.45) is 7.05 Å². The van der Waals surface area contributed by atoms with Crippen LogP contribution in [0.25, 0.3) is 22.3 Å². The number of H-pyrrole nitrogens is 1. The van der Waals surface area contributed by atoms with E-state index >= 15 is 0 Å². The summed E-state index contributed by atoms with van der Waals surface area (Å²) in [5, 5.41) is 4.15. The minimum atomic E-state index is 0.987. The van der Waals surface area contributed by atoms with Gasteiger partial charge in [0.2, 0.25) is 0 Å². The largest absolute Gasteiger partial charge is 0.345 e. The lowest BCUT2D eigenvalue weighted by Crippen LogP contribution is -1.92. The van der Waals surface area contributed by atoms with Gasteiger partial charge in [-0.2, -0.15) is 5.10 Å². The molecule has 4 nitrogen and oxygen atoms in total. The standard InChI is InChI=1S/C11H10N4/c1-15-11(4-5-14-15)8-2-3-9-10(6-8)13-7-12-9/h2-7H,1H3,(H,12,13). The minimum absolute atomic E-state index is 0.987. The number of aryl methyl sites for hydroxylation is 1. The molecule has 0 aliphatic heterocycles. The van der Waals surface area contributed by atoms with Crippen LogP contribution in [0.15, 0.2) is 36.8 Å². The van der Waals surface area contributed by atoms with Crippen LogP contribution in [-0.4, -0.2) is 19.7 Å². The molecule has 0 saturated carbocycles. The molecule has 0 unspecified atom stereocenters. The Morgan fingerprint density at radius 1 is 1.27 bits per heavy atom. The summed E-state index contributed by atoms with van der Waals surface area (Å²) in [5.41, 5.74) is 4.29. The Balaban J connectivity index is 2.23. The first kappa shape index (κ1) is 8.23. The normalized spacial score (nSPS) is 11.0. The van der Waals surface area contributed by atoms with E-state index in [1.165, 1.54) is 0 Å². The fraction of sp³-hybridized carbons (Fsp3) is 0.0909. The molecule has 0 saturated heterocycles. The topological polar surface area (TPSA) is 46.5 Å². The highest BCUT2D eigenvalue weighted by atomic mass is 15.3. The van der Waals surface area contributed by atoms with Crippen molar-refractivity contribution in [3.63, 3.8) is 0 Å². The Hall–Kier alpha value is -2.10. The van der Waals surface area contributed by atoms with E-state index in [1.54, 1.807) is 12.5 Å². The lowest BCUT2D eigenvalue weighted by molar-refractivity contribution is 0.776. The predicted molar refractivity (Wildman–Crippen MR) is 58.3 cm³/mol. The number of rotatable bonds is 1. The van der Waals surface area contributed by atoms with Crippen molar-refractivity contribution >= 4 is 11.0 Å². The van der Waals surface area contributed by atoms with Gasteiger partial charge in [0.1, 0.15) is 0 Å². The van der Waals surface area contributed by atoms with Crippen molar-refractivity contribution < 1.29 is 0 Å². The summed E-state index contributed by atoms with van der Waals surface area (Å²) < 4.78 is 1.86. The number of fused-ring (bicyclic) bond motifs is 1. The zero-order valence-corrected chi connectivity index (χ0v) is 8.31. The number of nitrogens with one attached hydrogen (secondary N) is 1. The van der Waals surface area contributed by atoms with E-state index in [2.05, 4.69) is 27.2 Å². The smallest absolute Gasteiger partial charge is 0.0931 e. The Morgan fingerprint density at radius 3 is 3.00 bits per heavy atom. The first-order valence-corrected chi connectivity index (χ1v) is 4.76. The lowest BCUT2D eigenvalue weighted by atomic mass is 10.1. The summed E-state index contributed by atoms with van der Waals surface area (Å²) in [5.74, 6) is 0. The molecular weight excluding hydrogens is 188 g/mol. The third kappa shape index (κ3) is 1.22. The van der Waals surface area contributed by atoms with Crippen molar-refractivity contribution in [3.8, 4) is 11.3 Å². The van der Waals surface area contributed by atoms with E-state index in [-0.39, 0.29) is 0 Å². The van der Waals surface area contributed by atoms with Crippen LogP contribution in [0, 0.1) is 0 Å². The fourth-order valence-electron chi connectivity index (χ4n) is 1.75. The van der Waals surface area contributed by atoms with Gasteiger partial charge in [-0.1, -0.05) is 6.07 Å². The number of nitrogens with zero attached hydrogens (tertiary/aromatic N) is 3. The summed E-state index contributed by atoms with van der Waals surface area (Å²) in [6.45, 7) is 0. The third-order valence-corrected chi connectivity index (χ3v) is 2.54. The van der Waals surface area contributed by atoms with Gasteiger partial charge < -0.3 is 4.98 Å². The number of hydrogen-bond acceptors (Lipinski definition) is 2. The first-order chi connectivity index (χ1) is 7.34. The molecule has 3 aromatic rings. The number of aromatic nitrogens is 4. The molecule has 0 bridgehead atoms. The van der Waals surface area contributed by atoms with Gasteiger partial charge in [-0.15, -0.1) is 0 Å². The molecule has 0 fully saturated rings. The monoisotopic (exact) mass is 198 g/mol. The van der Waals surface area contributed by atoms with Gasteiger partial charge in [-0.05, 0) is 18.2 Å². The third-order valence-electron chi connectivity index (χ3n) is 2.54. The summed E-state index contributed by atoms with van der Waals surface area (Å²) in [6, 6.07) is 8.14. The van der Waals surface area contributed by atoms with E-state index in [4.69, 9.17) is 0 Å². The average molecular weight is 198 g/mol. The van der Waals surface area contributed by atoms with E-state index in [0.29, 0.717) is 0 Å². The maximum Gasteiger partial charge on any atom is 0.0931 e. The Kier molecular flexibility index (Phi) is 1.62. The molecule has 0 radical (unpaired) electrons. The lowest BCUT2D eigenvalue weighted by Gasteiger charge is -2.01. The molecule has 0 amide bonds. The zero-order chi connectivity index (χ0) is 10.3. The second-order valence-corrected chi connectivity index (χ2v) is 3.47. The van der Waals surface area contributed by atoms with Gasteiger partial charge >= 0.3 is 0 Å². The van der Waals surface area contributed by atoms with Gasteiger partial charge in [0.15, 0.2) is 0 Å². The van der Waals surface area contributed by atoms with E-state index in [0.717, 1.165) is 22.3 Å². The number of benzene rings is 1. The molecular formula is C11H10N4. The van der Waals surface area contributed by atoms with Crippen LogP contribution in [0.2, 0.25) is 0 Å². The molecule has 0 atom stereocenters. The molecule has 1 N–H and O–H groups in total. The summed E-state index contributed by atoms with van der Waals surface area (Å²) in [4.78, 5) is 7.29. The number of aromatic amines is 1. The molecule has 1 aromatic carbocycles. The van der Waals surface area contributed by atoms with Crippen molar-refractivity contribution in [2.45, 2.75) is 0 Å². The highest BCUT2D eigenvalue weighted by Crippen LogP contribution is 2.21. The Morgan fingerprint density at radius 2 is 2.20 bits per heavy atom. The van der Waals surface area contributed by atoms with Crippen LogP contribution in [0.1, 0.15) is 0 Å². The van der Waals surface area contributed by atoms with E-state index < -0.39 is 0 Å². The van der Waals surface area contributed by atoms with Crippen LogP contribution in [0.4, 0.5) is 0 Å². The second kappa shape index (κ2) is 2.95. The first-order valence-electron chi connectivity index (χ1n) is 4.76. The van der Waals surface area contributed by atoms with Crippen molar-refractivity contribution in [2.75, 3.05) is 0 Å². The summed E-state index contributed by atoms with van der Waals surface area (Å²) in [6.07, 6.45) is 3.50. The van der Waals surface area contributed by atoms with Gasteiger partial charge in [-0.25, -0.2) is 4.98 Å². The van der Waals surface area contributed by atoms with Crippen LogP contribution in [0.5, 0.6) is 0 Å². The molecule has 0 aliphatic rings. The molecule has 0 aliphatic carbocycles. The number of imidazole rings is 1. The Bertz CT molecular complexity index is 606. The maximum absolute atomic E-state index is 4.19. The molecule has 3 rings (SSSR count). The minimum Gasteiger partial charge on any atom is -0.345 e. The van der Waals surface area contributed by atoms with E-state index in [1.807, 2.05) is 23.9 Å². The van der Waals surface area contributed by atoms with Gasteiger partial charge in [0.25, 0.3) is 0 Å². The molecule has 0 spiro atoms. The van der Waals surface area contributed by atoms with Crippen LogP contribution >= 0.6 is 0 Å². The van der Waals surface area contributed by atoms with Gasteiger partial charge in [0, 0.05) is 18.8 Å². The molecule has 2 aromatic heterocycles. The molecule has 4 heteroatoms. The highest BCUT2D eigenvalue weighted by molar-refractivity contribution is 5.80. The number of hydrogen-bond donors (Lipinski definition) is 1. The summed E-state index contributed by atoms with van der Waals surface area (Å²) >= 11 is 0. The van der Waals surface area contributed by atoms with Crippen LogP contribution in [-0.2, 0) is 7.05 Å². The zero-order valence-electron chi connectivity index (χ0n) is 8.31. The molecule has 15 heavy (non-hydrogen) atoms. The Labute approximate surface area is 86.6 Å². The average Bonchev–Trinajstić information content (AvgIpc) is 2.84. The second-order valence-electron chi connectivity index (χ2n) is 3.47. The maximum atomic E-state index is 4.19. The highest BCUT2D eigenvalue weighted by Gasteiger charge is 2.03. The van der Waals surface area contributed by atoms with Crippen molar-refractivity contribution in [1.82, 2.24) is 19.7 Å². The fourth-order valence-corrected chi connectivity index (χ4v) is 1.75. The van der Waals surface area contributed by atoms with Gasteiger partial charge in [-0.3, -0.25) is 4.68 Å². The van der Waals surface area contributed by atoms with E-state index in [9.17, 15) is 0 Å². The quantitative estimate of drug-likeness (QED) is 0.649. The predicted octanol–water partition coefficient (Wildman–Crippen LogP) is 1.96. The van der Waals surface area contributed by atoms with Crippen molar-refractivity contribution in [1.29, 1.82) is 0 Å². The summed E-state index contributed by atoms with van der Waals surface area (Å²) in [7, 11) is 1.94. The molecule has 2 heterocycles. The SMILES string of the molecule is Cn1nccc1-c1ccc2nc[nH]c2c1. The molecule has 74 valence electrons. The van der Waals surface area contributed by atoms with Crippen LogP contribution < -0.4 is 0 Å². The van der Waals surface area contributed by atoms with Gasteiger partial charge in [0.05, 0.1) is 23.1 Å². The van der Waals surface area contributed by atoms with Crippen molar-refractivity contribution in [3.05, 3.63) is 36.8 Å².